The van der Waals surface area contributed by atoms with Crippen LogP contribution in [-0.4, -0.2) is 13.7 Å². The lowest BCUT2D eigenvalue weighted by atomic mass is 10.3. The number of thiophene rings is 1. The van der Waals surface area contributed by atoms with E-state index in [0.717, 1.165) is 17.1 Å². The highest BCUT2D eigenvalue weighted by Crippen LogP contribution is 2.27. The van der Waals surface area contributed by atoms with E-state index in [1.54, 1.807) is 18.4 Å². The Morgan fingerprint density at radius 3 is 2.79 bits per heavy atom. The van der Waals surface area contributed by atoms with Crippen LogP contribution in [0.4, 0.5) is 0 Å². The van der Waals surface area contributed by atoms with E-state index in [9.17, 15) is 0 Å². The van der Waals surface area contributed by atoms with Crippen LogP contribution in [0.1, 0.15) is 10.4 Å². The Hall–Kier alpha value is -1.41. The lowest BCUT2D eigenvalue weighted by Crippen LogP contribution is -1.92. The molecule has 1 aromatic carbocycles. The molecule has 19 heavy (non-hydrogen) atoms. The number of thioether (sulfide) groups is 1. The third kappa shape index (κ3) is 4.32. The third-order valence-electron chi connectivity index (χ3n) is 2.43. The highest BCUT2D eigenvalue weighted by atomic mass is 32.2. The van der Waals surface area contributed by atoms with Crippen molar-refractivity contribution in [3.05, 3.63) is 46.2 Å². The lowest BCUT2D eigenvalue weighted by Gasteiger charge is -2.02. The van der Waals surface area contributed by atoms with Crippen molar-refractivity contribution in [3.8, 4) is 17.6 Å². The SMILES string of the molecule is COc1ccc(SCc2cc(C#CCN)cs2)cc1. The maximum Gasteiger partial charge on any atom is 0.118 e. The molecule has 0 spiro atoms. The van der Waals surface area contributed by atoms with E-state index in [4.69, 9.17) is 10.5 Å². The zero-order chi connectivity index (χ0) is 13.5. The van der Waals surface area contributed by atoms with E-state index in [1.165, 1.54) is 9.77 Å². The molecule has 2 aromatic rings. The van der Waals surface area contributed by atoms with Gasteiger partial charge in [0.05, 0.1) is 13.7 Å². The van der Waals surface area contributed by atoms with Crippen molar-refractivity contribution in [2.24, 2.45) is 5.73 Å². The molecule has 0 amide bonds. The van der Waals surface area contributed by atoms with Gasteiger partial charge in [-0.2, -0.15) is 0 Å². The first-order chi connectivity index (χ1) is 9.31. The van der Waals surface area contributed by atoms with Crippen LogP contribution in [-0.2, 0) is 5.75 Å². The molecule has 0 fully saturated rings. The molecule has 0 aliphatic carbocycles. The van der Waals surface area contributed by atoms with Crippen molar-refractivity contribution in [1.29, 1.82) is 0 Å². The molecule has 0 unspecified atom stereocenters. The molecule has 1 heterocycles. The summed E-state index contributed by atoms with van der Waals surface area (Å²) in [6.07, 6.45) is 0. The first-order valence-electron chi connectivity index (χ1n) is 5.85. The summed E-state index contributed by atoms with van der Waals surface area (Å²) in [5.74, 6) is 7.76. The molecule has 0 bridgehead atoms. The summed E-state index contributed by atoms with van der Waals surface area (Å²) >= 11 is 3.55. The fraction of sp³-hybridized carbons (Fsp3) is 0.200. The normalized spacial score (nSPS) is 9.79. The van der Waals surface area contributed by atoms with Crippen molar-refractivity contribution >= 4 is 23.1 Å². The molecule has 98 valence electrons. The van der Waals surface area contributed by atoms with Gasteiger partial charge in [0.25, 0.3) is 0 Å². The van der Waals surface area contributed by atoms with Crippen LogP contribution in [0.25, 0.3) is 0 Å². The maximum absolute atomic E-state index is 5.36. The van der Waals surface area contributed by atoms with Gasteiger partial charge < -0.3 is 10.5 Å². The van der Waals surface area contributed by atoms with Crippen molar-refractivity contribution in [2.75, 3.05) is 13.7 Å². The number of nitrogens with two attached hydrogens (primary N) is 1. The Bertz CT molecular complexity index is 578. The average molecular weight is 289 g/mol. The van der Waals surface area contributed by atoms with E-state index in [2.05, 4.69) is 35.4 Å². The molecule has 2 rings (SSSR count). The van der Waals surface area contributed by atoms with Crippen molar-refractivity contribution < 1.29 is 4.74 Å². The Labute approximate surface area is 122 Å². The molecular weight excluding hydrogens is 274 g/mol. The first kappa shape index (κ1) is 14.0. The van der Waals surface area contributed by atoms with Gasteiger partial charge in [0.15, 0.2) is 0 Å². The smallest absolute Gasteiger partial charge is 0.118 e. The number of hydrogen-bond donors (Lipinski definition) is 1. The van der Waals surface area contributed by atoms with Gasteiger partial charge in [0.1, 0.15) is 5.75 Å². The zero-order valence-corrected chi connectivity index (χ0v) is 12.3. The second-order valence-electron chi connectivity index (χ2n) is 3.77. The molecule has 0 aliphatic rings. The van der Waals surface area contributed by atoms with Crippen LogP contribution in [0.2, 0.25) is 0 Å². The van der Waals surface area contributed by atoms with E-state index >= 15 is 0 Å². The van der Waals surface area contributed by atoms with E-state index in [0.29, 0.717) is 6.54 Å². The zero-order valence-electron chi connectivity index (χ0n) is 10.7. The van der Waals surface area contributed by atoms with Crippen LogP contribution in [0.3, 0.4) is 0 Å². The number of benzene rings is 1. The fourth-order valence-electron chi connectivity index (χ4n) is 1.50. The monoisotopic (exact) mass is 289 g/mol. The largest absolute Gasteiger partial charge is 0.497 e. The van der Waals surface area contributed by atoms with Gasteiger partial charge in [-0.05, 0) is 30.3 Å². The van der Waals surface area contributed by atoms with Crippen LogP contribution in [0.5, 0.6) is 5.75 Å². The predicted octanol–water partition coefficient (Wildman–Crippen LogP) is 3.36. The minimum Gasteiger partial charge on any atom is -0.497 e. The molecule has 0 radical (unpaired) electrons. The molecule has 0 atom stereocenters. The Balaban J connectivity index is 1.92. The molecule has 2 nitrogen and oxygen atoms in total. The summed E-state index contributed by atoms with van der Waals surface area (Å²) < 4.78 is 5.14. The average Bonchev–Trinajstić information content (AvgIpc) is 2.91. The lowest BCUT2D eigenvalue weighted by molar-refractivity contribution is 0.414. The van der Waals surface area contributed by atoms with Crippen molar-refractivity contribution in [1.82, 2.24) is 0 Å². The minimum atomic E-state index is 0.409. The van der Waals surface area contributed by atoms with Crippen LogP contribution in [0, 0.1) is 11.8 Å². The summed E-state index contributed by atoms with van der Waals surface area (Å²) in [4.78, 5) is 2.56. The van der Waals surface area contributed by atoms with Crippen molar-refractivity contribution in [3.63, 3.8) is 0 Å². The second-order valence-corrected chi connectivity index (χ2v) is 5.82. The van der Waals surface area contributed by atoms with Gasteiger partial charge in [0, 0.05) is 26.5 Å². The van der Waals surface area contributed by atoms with E-state index in [-0.39, 0.29) is 0 Å². The van der Waals surface area contributed by atoms with Gasteiger partial charge >= 0.3 is 0 Å². The molecule has 0 saturated carbocycles. The van der Waals surface area contributed by atoms with Gasteiger partial charge in [-0.25, -0.2) is 0 Å². The molecule has 0 aliphatic heterocycles. The Morgan fingerprint density at radius 1 is 1.32 bits per heavy atom. The fourth-order valence-corrected chi connectivity index (χ4v) is 3.27. The molecule has 2 N–H and O–H groups in total. The molecule has 4 heteroatoms. The summed E-state index contributed by atoms with van der Waals surface area (Å²) in [6, 6.07) is 10.2. The Kier molecular flexibility index (Phi) is 5.34. The number of methoxy groups -OCH3 is 1. The number of hydrogen-bond acceptors (Lipinski definition) is 4. The summed E-state index contributed by atoms with van der Waals surface area (Å²) in [5.41, 5.74) is 6.41. The standard InChI is InChI=1S/C15H15NOS2/c1-17-13-4-6-14(7-5-13)19-11-15-9-12(10-18-15)3-2-8-16/h4-7,9-10H,8,11,16H2,1H3. The van der Waals surface area contributed by atoms with Gasteiger partial charge in [-0.15, -0.1) is 23.1 Å². The topological polar surface area (TPSA) is 35.2 Å². The highest BCUT2D eigenvalue weighted by molar-refractivity contribution is 7.98. The third-order valence-corrected chi connectivity index (χ3v) is 4.61. The summed E-state index contributed by atoms with van der Waals surface area (Å²) in [5, 5.41) is 2.08. The number of rotatable bonds is 4. The molecule has 0 saturated heterocycles. The van der Waals surface area contributed by atoms with E-state index < -0.39 is 0 Å². The predicted molar refractivity (Wildman–Crippen MR) is 82.8 cm³/mol. The Morgan fingerprint density at radius 2 is 2.11 bits per heavy atom. The quantitative estimate of drug-likeness (QED) is 0.692. The van der Waals surface area contributed by atoms with Crippen molar-refractivity contribution in [2.45, 2.75) is 10.6 Å². The van der Waals surface area contributed by atoms with Gasteiger partial charge in [-0.3, -0.25) is 0 Å². The first-order valence-corrected chi connectivity index (χ1v) is 7.71. The van der Waals surface area contributed by atoms with Crippen LogP contribution >= 0.6 is 23.1 Å². The van der Waals surface area contributed by atoms with Crippen LogP contribution < -0.4 is 10.5 Å². The summed E-state index contributed by atoms with van der Waals surface area (Å²) in [6.45, 7) is 0.409. The number of ether oxygens (including phenoxy) is 1. The summed E-state index contributed by atoms with van der Waals surface area (Å²) in [7, 11) is 1.68. The highest BCUT2D eigenvalue weighted by Gasteiger charge is 2.00. The molecular formula is C15H15NOS2. The van der Waals surface area contributed by atoms with E-state index in [1.807, 2.05) is 23.9 Å². The second kappa shape index (κ2) is 7.25. The maximum atomic E-state index is 5.36. The van der Waals surface area contributed by atoms with Gasteiger partial charge in [-0.1, -0.05) is 11.8 Å². The molecule has 1 aromatic heterocycles. The van der Waals surface area contributed by atoms with Gasteiger partial charge in [0.2, 0.25) is 0 Å². The van der Waals surface area contributed by atoms with Crippen LogP contribution in [0.15, 0.2) is 40.6 Å². The minimum absolute atomic E-state index is 0.409.